The molecular formula is C28H39N3O6. The zero-order chi connectivity index (χ0) is 26.0. The van der Waals surface area contributed by atoms with Crippen LogP contribution in [0.5, 0.6) is 5.75 Å². The van der Waals surface area contributed by atoms with Gasteiger partial charge in [0.05, 0.1) is 24.5 Å². The number of anilines is 1. The second-order valence-electron chi connectivity index (χ2n) is 10.8. The molecule has 0 radical (unpaired) electrons. The fourth-order valence-electron chi connectivity index (χ4n) is 6.94. The standard InChI is InChI=1S/C28H39N3O6/c1-2-36-20-12-10-19(11-13-20)29-25(33)22-21-14-15-28(37-21)23(22)27(35)31(16-6-7-17-32)24(28)26(34)30-18-8-4-3-5-9-18/h10-13,18,21-24,32H,2-9,14-17H2,1H3,(H,29,33)(H,30,34)/t21-,22+,23-,24?,28?/m0/s1. The average molecular weight is 514 g/mol. The summed E-state index contributed by atoms with van der Waals surface area (Å²) in [5.74, 6) is -1.22. The Morgan fingerprint density at radius 1 is 1.11 bits per heavy atom. The van der Waals surface area contributed by atoms with Crippen LogP contribution in [-0.4, -0.2) is 71.3 Å². The molecule has 4 aliphatic rings. The van der Waals surface area contributed by atoms with Crippen molar-refractivity contribution in [1.82, 2.24) is 10.2 Å². The summed E-state index contributed by atoms with van der Waals surface area (Å²) in [4.78, 5) is 42.8. The highest BCUT2D eigenvalue weighted by atomic mass is 16.5. The number of nitrogens with zero attached hydrogens (tertiary/aromatic N) is 1. The first-order chi connectivity index (χ1) is 18.0. The molecular weight excluding hydrogens is 474 g/mol. The first-order valence-corrected chi connectivity index (χ1v) is 13.9. The van der Waals surface area contributed by atoms with Gasteiger partial charge in [0.2, 0.25) is 17.7 Å². The van der Waals surface area contributed by atoms with Crippen LogP contribution in [-0.2, 0) is 19.1 Å². The third-order valence-corrected chi connectivity index (χ3v) is 8.54. The lowest BCUT2D eigenvalue weighted by molar-refractivity contribution is -0.142. The first-order valence-electron chi connectivity index (χ1n) is 13.9. The maximum atomic E-state index is 13.9. The molecule has 202 valence electrons. The minimum atomic E-state index is -0.986. The normalized spacial score (nSPS) is 30.9. The molecule has 3 amide bonds. The van der Waals surface area contributed by atoms with Gasteiger partial charge in [0.25, 0.3) is 0 Å². The Labute approximate surface area is 218 Å². The lowest BCUT2D eigenvalue weighted by Crippen LogP contribution is -2.57. The molecule has 0 aromatic heterocycles. The number of hydrogen-bond acceptors (Lipinski definition) is 6. The predicted molar refractivity (Wildman–Crippen MR) is 137 cm³/mol. The smallest absolute Gasteiger partial charge is 0.246 e. The van der Waals surface area contributed by atoms with Gasteiger partial charge >= 0.3 is 0 Å². The molecule has 1 aromatic rings. The number of benzene rings is 1. The summed E-state index contributed by atoms with van der Waals surface area (Å²) in [7, 11) is 0. The Morgan fingerprint density at radius 3 is 2.57 bits per heavy atom. The highest BCUT2D eigenvalue weighted by Gasteiger charge is 2.74. The van der Waals surface area contributed by atoms with Crippen LogP contribution in [0.1, 0.15) is 64.7 Å². The number of aliphatic hydroxyl groups excluding tert-OH is 1. The number of fused-ring (bicyclic) bond motifs is 1. The van der Waals surface area contributed by atoms with Crippen LogP contribution < -0.4 is 15.4 Å². The van der Waals surface area contributed by atoms with Crippen molar-refractivity contribution in [3.63, 3.8) is 0 Å². The third-order valence-electron chi connectivity index (χ3n) is 8.54. The van der Waals surface area contributed by atoms with Crippen molar-refractivity contribution in [2.24, 2.45) is 11.8 Å². The molecule has 9 nitrogen and oxygen atoms in total. The Balaban J connectivity index is 1.37. The van der Waals surface area contributed by atoms with Crippen LogP contribution in [0.2, 0.25) is 0 Å². The second-order valence-corrected chi connectivity index (χ2v) is 10.8. The van der Waals surface area contributed by atoms with E-state index in [9.17, 15) is 19.5 Å². The van der Waals surface area contributed by atoms with Crippen molar-refractivity contribution in [2.75, 3.05) is 25.1 Å². The van der Waals surface area contributed by atoms with E-state index in [0.717, 1.165) is 31.4 Å². The molecule has 1 aromatic carbocycles. The molecule has 3 N–H and O–H groups in total. The number of nitrogens with one attached hydrogen (secondary N) is 2. The molecule has 3 aliphatic heterocycles. The Bertz CT molecular complexity index is 994. The van der Waals surface area contributed by atoms with Crippen LogP contribution in [0.25, 0.3) is 0 Å². The number of likely N-dealkylation sites (tertiary alicyclic amines) is 1. The highest BCUT2D eigenvalue weighted by Crippen LogP contribution is 2.58. The van der Waals surface area contributed by atoms with Gasteiger partial charge in [-0.05, 0) is 69.7 Å². The van der Waals surface area contributed by atoms with E-state index in [4.69, 9.17) is 9.47 Å². The zero-order valence-corrected chi connectivity index (χ0v) is 21.6. The minimum absolute atomic E-state index is 0.0290. The molecule has 3 saturated heterocycles. The van der Waals surface area contributed by atoms with Gasteiger partial charge in [-0.25, -0.2) is 0 Å². The maximum absolute atomic E-state index is 13.9. The number of unbranched alkanes of at least 4 members (excludes halogenated alkanes) is 1. The van der Waals surface area contributed by atoms with E-state index in [1.165, 1.54) is 6.42 Å². The van der Waals surface area contributed by atoms with Gasteiger partial charge < -0.3 is 30.1 Å². The number of hydrogen-bond donors (Lipinski definition) is 3. The summed E-state index contributed by atoms with van der Waals surface area (Å²) >= 11 is 0. The van der Waals surface area contributed by atoms with Crippen molar-refractivity contribution in [1.29, 1.82) is 0 Å². The Morgan fingerprint density at radius 2 is 1.86 bits per heavy atom. The van der Waals surface area contributed by atoms with E-state index in [0.29, 0.717) is 44.5 Å². The molecule has 2 unspecified atom stereocenters. The minimum Gasteiger partial charge on any atom is -0.494 e. The zero-order valence-electron chi connectivity index (χ0n) is 21.6. The lowest BCUT2D eigenvalue weighted by atomic mass is 9.70. The van der Waals surface area contributed by atoms with Crippen LogP contribution in [0.15, 0.2) is 24.3 Å². The van der Waals surface area contributed by atoms with E-state index in [-0.39, 0.29) is 36.5 Å². The topological polar surface area (TPSA) is 117 Å². The van der Waals surface area contributed by atoms with Gasteiger partial charge in [-0.3, -0.25) is 14.4 Å². The van der Waals surface area contributed by atoms with Gasteiger partial charge in [-0.15, -0.1) is 0 Å². The number of aliphatic hydroxyl groups is 1. The molecule has 2 bridgehead atoms. The largest absolute Gasteiger partial charge is 0.494 e. The monoisotopic (exact) mass is 513 g/mol. The number of carbonyl (C=O) groups is 3. The first kappa shape index (κ1) is 26.0. The van der Waals surface area contributed by atoms with Crippen molar-refractivity contribution in [3.05, 3.63) is 24.3 Å². The summed E-state index contributed by atoms with van der Waals surface area (Å²) in [6.07, 6.45) is 7.24. The molecule has 1 spiro atoms. The quantitative estimate of drug-likeness (QED) is 0.414. The van der Waals surface area contributed by atoms with Crippen LogP contribution >= 0.6 is 0 Å². The molecule has 3 heterocycles. The maximum Gasteiger partial charge on any atom is 0.246 e. The number of amides is 3. The molecule has 4 fully saturated rings. The summed E-state index contributed by atoms with van der Waals surface area (Å²) in [6, 6.07) is 6.53. The second kappa shape index (κ2) is 11.0. The SMILES string of the molecule is CCOc1ccc(NC(=O)[C@@H]2[C@@H]3CCC4(O3)C(C(=O)NC3CCCCC3)N(CCCCO)C(=O)[C@H]24)cc1. The fourth-order valence-corrected chi connectivity index (χ4v) is 6.94. The number of rotatable bonds is 10. The van der Waals surface area contributed by atoms with Gasteiger partial charge in [0.1, 0.15) is 17.4 Å². The van der Waals surface area contributed by atoms with Crippen LogP contribution in [0.3, 0.4) is 0 Å². The molecule has 1 saturated carbocycles. The van der Waals surface area contributed by atoms with Crippen LogP contribution in [0, 0.1) is 11.8 Å². The molecule has 5 rings (SSSR count). The molecule has 1 aliphatic carbocycles. The van der Waals surface area contributed by atoms with E-state index in [1.807, 2.05) is 6.92 Å². The summed E-state index contributed by atoms with van der Waals surface area (Å²) in [6.45, 7) is 2.86. The summed E-state index contributed by atoms with van der Waals surface area (Å²) in [5, 5.41) is 15.5. The van der Waals surface area contributed by atoms with Crippen LogP contribution in [0.4, 0.5) is 5.69 Å². The third kappa shape index (κ3) is 4.83. The Hall–Kier alpha value is -2.65. The van der Waals surface area contributed by atoms with Gasteiger partial charge in [-0.2, -0.15) is 0 Å². The lowest BCUT2D eigenvalue weighted by Gasteiger charge is -2.35. The van der Waals surface area contributed by atoms with E-state index in [2.05, 4.69) is 10.6 Å². The highest BCUT2D eigenvalue weighted by molar-refractivity contribution is 6.02. The van der Waals surface area contributed by atoms with Crippen molar-refractivity contribution in [2.45, 2.75) is 88.5 Å². The molecule has 9 heteroatoms. The van der Waals surface area contributed by atoms with E-state index < -0.39 is 23.5 Å². The predicted octanol–water partition coefficient (Wildman–Crippen LogP) is 2.62. The molecule has 37 heavy (non-hydrogen) atoms. The fraction of sp³-hybridized carbons (Fsp3) is 0.679. The van der Waals surface area contributed by atoms with E-state index in [1.54, 1.807) is 29.2 Å². The number of ether oxygens (including phenoxy) is 2. The Kier molecular flexibility index (Phi) is 7.72. The number of carbonyl (C=O) groups excluding carboxylic acids is 3. The van der Waals surface area contributed by atoms with E-state index >= 15 is 0 Å². The van der Waals surface area contributed by atoms with Gasteiger partial charge in [0, 0.05) is 24.9 Å². The molecule has 5 atom stereocenters. The van der Waals surface area contributed by atoms with Gasteiger partial charge in [0.15, 0.2) is 0 Å². The van der Waals surface area contributed by atoms with Crippen molar-refractivity contribution < 1.29 is 29.0 Å². The summed E-state index contributed by atoms with van der Waals surface area (Å²) < 4.78 is 12.0. The van der Waals surface area contributed by atoms with Gasteiger partial charge in [-0.1, -0.05) is 19.3 Å². The average Bonchev–Trinajstić information content (AvgIpc) is 3.54. The summed E-state index contributed by atoms with van der Waals surface area (Å²) in [5.41, 5.74) is -0.359. The van der Waals surface area contributed by atoms with Crippen molar-refractivity contribution in [3.8, 4) is 5.75 Å². The van der Waals surface area contributed by atoms with Crippen molar-refractivity contribution >= 4 is 23.4 Å².